The lowest BCUT2D eigenvalue weighted by Crippen LogP contribution is -2.06. The SMILES string of the molecule is Cc1ccccc1C[C@H](F)CBr. The molecule has 0 saturated heterocycles. The van der Waals surface area contributed by atoms with Crippen molar-refractivity contribution < 1.29 is 4.39 Å². The van der Waals surface area contributed by atoms with E-state index in [0.717, 1.165) is 5.56 Å². The third-order valence-electron chi connectivity index (χ3n) is 1.87. The molecule has 1 aromatic rings. The summed E-state index contributed by atoms with van der Waals surface area (Å²) in [6, 6.07) is 7.91. The molecule has 0 saturated carbocycles. The number of hydrogen-bond donors (Lipinski definition) is 0. The molecular weight excluding hydrogens is 219 g/mol. The molecule has 0 fully saturated rings. The monoisotopic (exact) mass is 230 g/mol. The summed E-state index contributed by atoms with van der Waals surface area (Å²) in [6.45, 7) is 2.01. The zero-order valence-electron chi connectivity index (χ0n) is 7.06. The Hall–Kier alpha value is -0.370. The van der Waals surface area contributed by atoms with Crippen LogP contribution in [-0.4, -0.2) is 11.5 Å². The molecule has 0 radical (unpaired) electrons. The molecule has 66 valence electrons. The molecule has 2 heteroatoms. The van der Waals surface area contributed by atoms with Gasteiger partial charge < -0.3 is 0 Å². The van der Waals surface area contributed by atoms with Gasteiger partial charge in [-0.05, 0) is 18.1 Å². The molecular formula is C10H12BrF. The Kier molecular flexibility index (Phi) is 3.73. The minimum atomic E-state index is -0.772. The van der Waals surface area contributed by atoms with Gasteiger partial charge in [-0.2, -0.15) is 0 Å². The first-order chi connectivity index (χ1) is 5.74. The lowest BCUT2D eigenvalue weighted by molar-refractivity contribution is 0.368. The van der Waals surface area contributed by atoms with Gasteiger partial charge in [0, 0.05) is 11.8 Å². The first-order valence-electron chi connectivity index (χ1n) is 3.98. The van der Waals surface area contributed by atoms with E-state index in [0.29, 0.717) is 11.8 Å². The number of alkyl halides is 2. The fourth-order valence-electron chi connectivity index (χ4n) is 1.13. The van der Waals surface area contributed by atoms with E-state index in [1.165, 1.54) is 5.56 Å². The number of rotatable bonds is 3. The molecule has 0 heterocycles. The molecule has 0 bridgehead atoms. The van der Waals surface area contributed by atoms with Gasteiger partial charge >= 0.3 is 0 Å². The highest BCUT2D eigenvalue weighted by Crippen LogP contribution is 2.12. The van der Waals surface area contributed by atoms with Crippen LogP contribution in [0.15, 0.2) is 24.3 Å². The van der Waals surface area contributed by atoms with Crippen molar-refractivity contribution in [2.75, 3.05) is 5.33 Å². The predicted molar refractivity (Wildman–Crippen MR) is 53.6 cm³/mol. The molecule has 0 unspecified atom stereocenters. The standard InChI is InChI=1S/C10H12BrF/c1-8-4-2-3-5-9(8)6-10(12)7-11/h2-5,10H,6-7H2,1H3/t10-/m0/s1. The number of benzene rings is 1. The summed E-state index contributed by atoms with van der Waals surface area (Å²) in [5.41, 5.74) is 2.27. The van der Waals surface area contributed by atoms with Crippen molar-refractivity contribution in [3.05, 3.63) is 35.4 Å². The molecule has 12 heavy (non-hydrogen) atoms. The summed E-state index contributed by atoms with van der Waals surface area (Å²) in [6.07, 6.45) is -0.260. The fraction of sp³-hybridized carbons (Fsp3) is 0.400. The van der Waals surface area contributed by atoms with Gasteiger partial charge in [0.1, 0.15) is 6.17 Å². The van der Waals surface area contributed by atoms with Gasteiger partial charge in [0.05, 0.1) is 0 Å². The van der Waals surface area contributed by atoms with E-state index in [1.54, 1.807) is 0 Å². The third-order valence-corrected chi connectivity index (χ3v) is 2.57. The molecule has 0 N–H and O–H groups in total. The van der Waals surface area contributed by atoms with Crippen molar-refractivity contribution in [3.63, 3.8) is 0 Å². The molecule has 0 aromatic heterocycles. The lowest BCUT2D eigenvalue weighted by atomic mass is 10.0. The van der Waals surface area contributed by atoms with Crippen molar-refractivity contribution in [2.45, 2.75) is 19.5 Å². The summed E-state index contributed by atoms with van der Waals surface area (Å²) < 4.78 is 13.0. The molecule has 0 nitrogen and oxygen atoms in total. The maximum atomic E-state index is 13.0. The molecule has 0 aliphatic carbocycles. The van der Waals surface area contributed by atoms with E-state index in [9.17, 15) is 4.39 Å². The second-order valence-electron chi connectivity index (χ2n) is 2.88. The fourth-order valence-corrected chi connectivity index (χ4v) is 1.36. The van der Waals surface area contributed by atoms with E-state index in [4.69, 9.17) is 0 Å². The number of halogens is 2. The van der Waals surface area contributed by atoms with Crippen LogP contribution in [0.25, 0.3) is 0 Å². The molecule has 1 rings (SSSR count). The van der Waals surface area contributed by atoms with Crippen LogP contribution in [0.5, 0.6) is 0 Å². The summed E-state index contributed by atoms with van der Waals surface area (Å²) in [7, 11) is 0. The quantitative estimate of drug-likeness (QED) is 0.700. The van der Waals surface area contributed by atoms with Crippen LogP contribution in [0.3, 0.4) is 0 Å². The topological polar surface area (TPSA) is 0 Å². The van der Waals surface area contributed by atoms with Gasteiger partial charge in [-0.3, -0.25) is 0 Å². The van der Waals surface area contributed by atoms with Crippen LogP contribution in [-0.2, 0) is 6.42 Å². The van der Waals surface area contributed by atoms with E-state index >= 15 is 0 Å². The smallest absolute Gasteiger partial charge is 0.114 e. The van der Waals surface area contributed by atoms with Gasteiger partial charge in [0.2, 0.25) is 0 Å². The van der Waals surface area contributed by atoms with Crippen LogP contribution in [0, 0.1) is 6.92 Å². The second-order valence-corrected chi connectivity index (χ2v) is 3.53. The highest BCUT2D eigenvalue weighted by atomic mass is 79.9. The van der Waals surface area contributed by atoms with E-state index in [-0.39, 0.29) is 0 Å². The molecule has 1 atom stereocenters. The van der Waals surface area contributed by atoms with Crippen LogP contribution in [0.1, 0.15) is 11.1 Å². The summed E-state index contributed by atoms with van der Waals surface area (Å²) >= 11 is 3.12. The first kappa shape index (κ1) is 9.72. The largest absolute Gasteiger partial charge is 0.246 e. The van der Waals surface area contributed by atoms with Crippen LogP contribution in [0.2, 0.25) is 0 Å². The number of hydrogen-bond acceptors (Lipinski definition) is 0. The van der Waals surface area contributed by atoms with Crippen LogP contribution < -0.4 is 0 Å². The lowest BCUT2D eigenvalue weighted by Gasteiger charge is -2.06. The summed E-state index contributed by atoms with van der Waals surface area (Å²) in [5.74, 6) is 0. The van der Waals surface area contributed by atoms with Gasteiger partial charge in [-0.25, -0.2) is 4.39 Å². The molecule has 0 aliphatic heterocycles. The van der Waals surface area contributed by atoms with Crippen LogP contribution >= 0.6 is 15.9 Å². The van der Waals surface area contributed by atoms with Crippen molar-refractivity contribution in [2.24, 2.45) is 0 Å². The zero-order chi connectivity index (χ0) is 8.97. The highest BCUT2D eigenvalue weighted by molar-refractivity contribution is 9.09. The molecule has 0 amide bonds. The average molecular weight is 231 g/mol. The summed E-state index contributed by atoms with van der Waals surface area (Å²) in [4.78, 5) is 0. The van der Waals surface area contributed by atoms with E-state index < -0.39 is 6.17 Å². The van der Waals surface area contributed by atoms with Crippen molar-refractivity contribution in [1.29, 1.82) is 0 Å². The van der Waals surface area contributed by atoms with Gasteiger partial charge in [-0.1, -0.05) is 40.2 Å². The first-order valence-corrected chi connectivity index (χ1v) is 5.10. The Bertz CT molecular complexity index is 247. The van der Waals surface area contributed by atoms with Gasteiger partial charge in [-0.15, -0.1) is 0 Å². The Labute approximate surface area is 80.9 Å². The maximum Gasteiger partial charge on any atom is 0.114 e. The minimum absolute atomic E-state index is 0.418. The minimum Gasteiger partial charge on any atom is -0.246 e. The van der Waals surface area contributed by atoms with E-state index in [2.05, 4.69) is 15.9 Å². The Morgan fingerprint density at radius 3 is 2.67 bits per heavy atom. The molecule has 0 aliphatic rings. The molecule has 0 spiro atoms. The highest BCUT2D eigenvalue weighted by Gasteiger charge is 2.06. The normalized spacial score (nSPS) is 12.9. The maximum absolute atomic E-state index is 13.0. The Morgan fingerprint density at radius 1 is 1.42 bits per heavy atom. The van der Waals surface area contributed by atoms with Crippen molar-refractivity contribution >= 4 is 15.9 Å². The Balaban J connectivity index is 2.69. The number of aryl methyl sites for hydroxylation is 1. The predicted octanol–water partition coefficient (Wildman–Crippen LogP) is 3.27. The summed E-state index contributed by atoms with van der Waals surface area (Å²) in [5, 5.41) is 0.418. The average Bonchev–Trinajstić information content (AvgIpc) is 2.09. The van der Waals surface area contributed by atoms with Crippen LogP contribution in [0.4, 0.5) is 4.39 Å². The van der Waals surface area contributed by atoms with E-state index in [1.807, 2.05) is 31.2 Å². The van der Waals surface area contributed by atoms with Crippen molar-refractivity contribution in [3.8, 4) is 0 Å². The van der Waals surface area contributed by atoms with Gasteiger partial charge in [0.15, 0.2) is 0 Å². The zero-order valence-corrected chi connectivity index (χ0v) is 8.64. The van der Waals surface area contributed by atoms with Crippen molar-refractivity contribution in [1.82, 2.24) is 0 Å². The second kappa shape index (κ2) is 4.61. The van der Waals surface area contributed by atoms with Gasteiger partial charge in [0.25, 0.3) is 0 Å². The Morgan fingerprint density at radius 2 is 2.08 bits per heavy atom. The molecule has 1 aromatic carbocycles. The third kappa shape index (κ3) is 2.59.